The van der Waals surface area contributed by atoms with Gasteiger partial charge in [0.05, 0.1) is 17.8 Å². The summed E-state index contributed by atoms with van der Waals surface area (Å²) in [6, 6.07) is 0.185. The fourth-order valence-corrected chi connectivity index (χ4v) is 4.83. The molecule has 1 aliphatic carbocycles. The molecular weight excluding hydrogens is 456 g/mol. The molecule has 3 unspecified atom stereocenters. The maximum absolute atomic E-state index is 12.6. The average molecular weight is 486 g/mol. The zero-order valence-corrected chi connectivity index (χ0v) is 20.4. The first-order chi connectivity index (χ1) is 16.1. The van der Waals surface area contributed by atoms with Crippen molar-refractivity contribution in [2.45, 2.75) is 45.1 Å². The van der Waals surface area contributed by atoms with Crippen LogP contribution in [-0.4, -0.2) is 53.3 Å². The molecule has 10 heteroatoms. The van der Waals surface area contributed by atoms with Crippen molar-refractivity contribution >= 4 is 35.0 Å². The van der Waals surface area contributed by atoms with Crippen molar-refractivity contribution in [3.05, 3.63) is 58.7 Å². The second-order valence-electron chi connectivity index (χ2n) is 8.48. The molecule has 0 bridgehead atoms. The second-order valence-corrected chi connectivity index (χ2v) is 9.37. The predicted molar refractivity (Wildman–Crippen MR) is 127 cm³/mol. The molecule has 34 heavy (non-hydrogen) atoms. The van der Waals surface area contributed by atoms with E-state index in [1.54, 1.807) is 5.38 Å². The van der Waals surface area contributed by atoms with Crippen LogP contribution in [0.25, 0.3) is 0 Å². The van der Waals surface area contributed by atoms with Crippen molar-refractivity contribution in [1.82, 2.24) is 20.5 Å². The third kappa shape index (κ3) is 5.99. The van der Waals surface area contributed by atoms with Crippen LogP contribution in [0.1, 0.15) is 54.5 Å². The number of nitrogens with zero attached hydrogens (tertiary/aromatic N) is 2. The highest BCUT2D eigenvalue weighted by atomic mass is 32.1. The molecule has 1 aromatic rings. The number of esters is 1. The number of carbonyl (C=O) groups excluding carboxylic acids is 4. The largest absolute Gasteiger partial charge is 0.464 e. The molecule has 1 aromatic heterocycles. The molecule has 1 saturated heterocycles. The minimum absolute atomic E-state index is 0.105. The monoisotopic (exact) mass is 485 g/mol. The van der Waals surface area contributed by atoms with Crippen LogP contribution >= 0.6 is 11.3 Å². The van der Waals surface area contributed by atoms with E-state index in [2.05, 4.69) is 47.4 Å². The molecule has 3 amide bonds. The van der Waals surface area contributed by atoms with Crippen molar-refractivity contribution in [2.75, 3.05) is 13.7 Å². The summed E-state index contributed by atoms with van der Waals surface area (Å²) >= 11 is 1.39. The number of carbonyl (C=O) groups is 4. The lowest BCUT2D eigenvalue weighted by Gasteiger charge is -2.26. The average Bonchev–Trinajstić information content (AvgIpc) is 3.58. The lowest BCUT2D eigenvalue weighted by Crippen LogP contribution is -2.37. The Kier molecular flexibility index (Phi) is 8.03. The van der Waals surface area contributed by atoms with Crippen LogP contribution in [-0.2, 0) is 19.1 Å². The number of methoxy groups -OCH3 is 1. The third-order valence-corrected chi connectivity index (χ3v) is 7.20. The lowest BCUT2D eigenvalue weighted by molar-refractivity contribution is -0.137. The first kappa shape index (κ1) is 25.4. The zero-order chi connectivity index (χ0) is 25.0. The van der Waals surface area contributed by atoms with Crippen molar-refractivity contribution in [2.24, 2.45) is 5.92 Å². The van der Waals surface area contributed by atoms with E-state index in [1.165, 1.54) is 11.3 Å². The van der Waals surface area contributed by atoms with Gasteiger partial charge in [0, 0.05) is 35.9 Å². The van der Waals surface area contributed by atoms with Crippen molar-refractivity contribution < 1.29 is 23.9 Å². The second kappa shape index (κ2) is 10.8. The number of nitrogens with one attached hydrogen (secondary N) is 2. The summed E-state index contributed by atoms with van der Waals surface area (Å²) in [5, 5.41) is 7.08. The van der Waals surface area contributed by atoms with E-state index in [-0.39, 0.29) is 35.0 Å². The highest BCUT2D eigenvalue weighted by Gasteiger charge is 2.33. The summed E-state index contributed by atoms with van der Waals surface area (Å²) < 4.78 is 4.46. The molecule has 2 heterocycles. The molecule has 1 fully saturated rings. The molecule has 9 nitrogen and oxygen atoms in total. The SMILES string of the molecule is C=C(NC(=O)c1csc(C(C)C2CCC(C)N(C(=O)C3=C[CH]3)CC2)n1)C(=O)NC(=C)C(=O)OC. The molecule has 1 aliphatic heterocycles. The summed E-state index contributed by atoms with van der Waals surface area (Å²) in [7, 11) is 1.16. The Labute approximate surface area is 202 Å². The standard InChI is InChI=1S/C24H29N4O5S/c1-13-6-7-17(10-11-28(13)23(31)18-8-9-18)14(2)22-27-19(12-34-22)21(30)25-15(3)20(29)26-16(4)24(32)33-5/h8-9,12-14,17H,3-4,6-7,10-11H2,1-2,5H3,(H,25,30)(H,26,29). The highest BCUT2D eigenvalue weighted by Crippen LogP contribution is 2.36. The Morgan fingerprint density at radius 3 is 2.53 bits per heavy atom. The van der Waals surface area contributed by atoms with Crippen LogP contribution in [0.5, 0.6) is 0 Å². The summed E-state index contributed by atoms with van der Waals surface area (Å²) in [6.07, 6.45) is 6.44. The van der Waals surface area contributed by atoms with Crippen molar-refractivity contribution in [1.29, 1.82) is 0 Å². The van der Waals surface area contributed by atoms with Gasteiger partial charge in [0.2, 0.25) is 5.91 Å². The number of ether oxygens (including phenoxy) is 1. The van der Waals surface area contributed by atoms with Crippen molar-refractivity contribution in [3.8, 4) is 0 Å². The Balaban J connectivity index is 1.57. The molecule has 0 aromatic carbocycles. The fourth-order valence-electron chi connectivity index (χ4n) is 3.88. The molecule has 181 valence electrons. The maximum Gasteiger partial charge on any atom is 0.353 e. The first-order valence-electron chi connectivity index (χ1n) is 11.0. The van der Waals surface area contributed by atoms with Gasteiger partial charge < -0.3 is 20.3 Å². The maximum atomic E-state index is 12.6. The summed E-state index contributed by atoms with van der Waals surface area (Å²) in [5.41, 5.74) is 0.460. The molecule has 3 rings (SSSR count). The summed E-state index contributed by atoms with van der Waals surface area (Å²) in [5.74, 6) is -1.58. The number of thiazole rings is 1. The van der Waals surface area contributed by atoms with Crippen LogP contribution < -0.4 is 10.6 Å². The number of hydrogen-bond donors (Lipinski definition) is 2. The normalized spacial score (nSPS) is 20.3. The van der Waals surface area contributed by atoms with Gasteiger partial charge in [0.15, 0.2) is 0 Å². The van der Waals surface area contributed by atoms with Gasteiger partial charge in [0.1, 0.15) is 11.4 Å². The van der Waals surface area contributed by atoms with E-state index >= 15 is 0 Å². The number of amides is 3. The van der Waals surface area contributed by atoms with Crippen molar-refractivity contribution in [3.63, 3.8) is 0 Å². The molecule has 0 spiro atoms. The number of aromatic nitrogens is 1. The van der Waals surface area contributed by atoms with E-state index in [0.717, 1.165) is 37.0 Å². The van der Waals surface area contributed by atoms with Gasteiger partial charge in [-0.05, 0) is 32.1 Å². The Hall–Kier alpha value is -3.27. The Bertz CT molecular complexity index is 1060. The first-order valence-corrected chi connectivity index (χ1v) is 11.9. The summed E-state index contributed by atoms with van der Waals surface area (Å²) in [4.78, 5) is 54.9. The van der Waals surface area contributed by atoms with Gasteiger partial charge in [0.25, 0.3) is 11.8 Å². The van der Waals surface area contributed by atoms with Crippen LogP contribution in [0.2, 0.25) is 0 Å². The van der Waals surface area contributed by atoms with E-state index in [0.29, 0.717) is 12.5 Å². The van der Waals surface area contributed by atoms with Gasteiger partial charge in [-0.15, -0.1) is 11.3 Å². The number of hydrogen-bond acceptors (Lipinski definition) is 7. The van der Waals surface area contributed by atoms with Gasteiger partial charge in [-0.25, -0.2) is 9.78 Å². The fraction of sp³-hybridized carbons (Fsp3) is 0.417. The molecule has 0 saturated carbocycles. The molecule has 2 aliphatic rings. The molecule has 1 radical (unpaired) electrons. The van der Waals surface area contributed by atoms with E-state index in [4.69, 9.17) is 0 Å². The minimum atomic E-state index is -0.797. The molecule has 3 atom stereocenters. The van der Waals surface area contributed by atoms with Gasteiger partial charge in [-0.1, -0.05) is 26.2 Å². The van der Waals surface area contributed by atoms with E-state index < -0.39 is 17.8 Å². The number of allylic oxidation sites excluding steroid dienone is 1. The van der Waals surface area contributed by atoms with Gasteiger partial charge in [-0.3, -0.25) is 14.4 Å². The van der Waals surface area contributed by atoms with Crippen LogP contribution in [0.4, 0.5) is 0 Å². The van der Waals surface area contributed by atoms with Gasteiger partial charge in [-0.2, -0.15) is 0 Å². The number of likely N-dealkylation sites (tertiary alicyclic amines) is 1. The molecular formula is C24H29N4O5S. The van der Waals surface area contributed by atoms with Crippen LogP contribution in [0.15, 0.2) is 41.6 Å². The van der Waals surface area contributed by atoms with Crippen LogP contribution in [0.3, 0.4) is 0 Å². The molecule has 2 N–H and O–H groups in total. The predicted octanol–water partition coefficient (Wildman–Crippen LogP) is 2.45. The topological polar surface area (TPSA) is 118 Å². The van der Waals surface area contributed by atoms with E-state index in [9.17, 15) is 19.2 Å². The number of rotatable bonds is 8. The Morgan fingerprint density at radius 2 is 1.88 bits per heavy atom. The third-order valence-electron chi connectivity index (χ3n) is 6.16. The smallest absolute Gasteiger partial charge is 0.353 e. The van der Waals surface area contributed by atoms with E-state index in [1.807, 2.05) is 17.4 Å². The highest BCUT2D eigenvalue weighted by molar-refractivity contribution is 7.09. The van der Waals surface area contributed by atoms with Crippen LogP contribution in [0, 0.1) is 12.3 Å². The van der Waals surface area contributed by atoms with Gasteiger partial charge >= 0.3 is 5.97 Å². The quantitative estimate of drug-likeness (QED) is 0.431. The zero-order valence-electron chi connectivity index (χ0n) is 19.6. The Morgan fingerprint density at radius 1 is 1.18 bits per heavy atom. The summed E-state index contributed by atoms with van der Waals surface area (Å²) in [6.45, 7) is 11.8. The lowest BCUT2D eigenvalue weighted by atomic mass is 9.87. The minimum Gasteiger partial charge on any atom is -0.464 e.